The van der Waals surface area contributed by atoms with Crippen LogP contribution in [0.1, 0.15) is 38.3 Å². The van der Waals surface area contributed by atoms with E-state index in [9.17, 15) is 9.59 Å². The highest BCUT2D eigenvalue weighted by Crippen LogP contribution is 2.25. The molecular formula is C24H30Cl2N2O3S. The zero-order chi connectivity index (χ0) is 23.7. The standard InChI is InChI=1S/C24H30Cl2N2O3S/c1-5-16(2)27-24(30)17(3)28(13-18-7-6-8-21(11-18)31-4)23(29)15-32-14-19-9-10-20(25)12-22(19)26/h6-12,16-17H,5,13-15H2,1-4H3,(H,27,30)/t16-,17+/m0/s1. The molecule has 2 rings (SSSR count). The Morgan fingerprint density at radius 3 is 2.56 bits per heavy atom. The molecule has 1 N–H and O–H groups in total. The normalized spacial score (nSPS) is 12.7. The van der Waals surface area contributed by atoms with Crippen molar-refractivity contribution in [1.29, 1.82) is 0 Å². The molecule has 2 atom stereocenters. The van der Waals surface area contributed by atoms with Crippen molar-refractivity contribution in [2.45, 2.75) is 51.6 Å². The summed E-state index contributed by atoms with van der Waals surface area (Å²) in [6.45, 7) is 6.03. The Labute approximate surface area is 204 Å². The Balaban J connectivity index is 2.12. The van der Waals surface area contributed by atoms with Crippen LogP contribution in [-0.4, -0.2) is 41.7 Å². The van der Waals surface area contributed by atoms with Gasteiger partial charge in [-0.15, -0.1) is 11.8 Å². The fraction of sp³-hybridized carbons (Fsp3) is 0.417. The van der Waals surface area contributed by atoms with E-state index in [1.807, 2.05) is 44.2 Å². The van der Waals surface area contributed by atoms with Crippen LogP contribution in [0.4, 0.5) is 0 Å². The number of methoxy groups -OCH3 is 1. The SMILES string of the molecule is CC[C@H](C)NC(=O)[C@@H](C)N(Cc1cccc(OC)c1)C(=O)CSCc1ccc(Cl)cc1Cl. The molecule has 0 unspecified atom stereocenters. The molecule has 0 aromatic heterocycles. The van der Waals surface area contributed by atoms with Gasteiger partial charge in [0.1, 0.15) is 11.8 Å². The maximum atomic E-state index is 13.2. The lowest BCUT2D eigenvalue weighted by Gasteiger charge is -2.29. The van der Waals surface area contributed by atoms with Gasteiger partial charge in [-0.25, -0.2) is 0 Å². The van der Waals surface area contributed by atoms with Crippen LogP contribution >= 0.6 is 35.0 Å². The van der Waals surface area contributed by atoms with Crippen molar-refractivity contribution in [1.82, 2.24) is 10.2 Å². The summed E-state index contributed by atoms with van der Waals surface area (Å²) in [6.07, 6.45) is 0.819. The molecule has 0 saturated carbocycles. The van der Waals surface area contributed by atoms with E-state index in [1.165, 1.54) is 11.8 Å². The summed E-state index contributed by atoms with van der Waals surface area (Å²) in [5, 5.41) is 4.12. The van der Waals surface area contributed by atoms with E-state index in [4.69, 9.17) is 27.9 Å². The van der Waals surface area contributed by atoms with Gasteiger partial charge in [0, 0.05) is 28.4 Å². The van der Waals surface area contributed by atoms with Crippen LogP contribution in [0.3, 0.4) is 0 Å². The number of benzene rings is 2. The lowest BCUT2D eigenvalue weighted by atomic mass is 10.1. The summed E-state index contributed by atoms with van der Waals surface area (Å²) < 4.78 is 5.30. The Hall–Kier alpha value is -1.89. The molecule has 0 saturated heterocycles. The molecule has 0 aliphatic carbocycles. The van der Waals surface area contributed by atoms with Crippen LogP contribution < -0.4 is 10.1 Å². The monoisotopic (exact) mass is 496 g/mol. The van der Waals surface area contributed by atoms with Gasteiger partial charge in [-0.2, -0.15) is 0 Å². The maximum Gasteiger partial charge on any atom is 0.242 e. The first-order chi connectivity index (χ1) is 15.2. The van der Waals surface area contributed by atoms with E-state index in [2.05, 4.69) is 5.32 Å². The van der Waals surface area contributed by atoms with Crippen molar-refractivity contribution >= 4 is 46.8 Å². The number of carbonyl (C=O) groups excluding carboxylic acids is 2. The second kappa shape index (κ2) is 13.0. The van der Waals surface area contributed by atoms with Crippen molar-refractivity contribution in [2.75, 3.05) is 12.9 Å². The molecule has 8 heteroatoms. The molecule has 2 aromatic carbocycles. The van der Waals surface area contributed by atoms with Gasteiger partial charge < -0.3 is 15.0 Å². The second-order valence-electron chi connectivity index (χ2n) is 7.60. The van der Waals surface area contributed by atoms with Gasteiger partial charge in [-0.05, 0) is 55.7 Å². The van der Waals surface area contributed by atoms with Gasteiger partial charge in [0.15, 0.2) is 0 Å². The van der Waals surface area contributed by atoms with Crippen LogP contribution in [0.25, 0.3) is 0 Å². The number of ether oxygens (including phenoxy) is 1. The predicted molar refractivity (Wildman–Crippen MR) is 134 cm³/mol. The third-order valence-electron chi connectivity index (χ3n) is 5.15. The van der Waals surface area contributed by atoms with E-state index < -0.39 is 6.04 Å². The summed E-state index contributed by atoms with van der Waals surface area (Å²) in [5.41, 5.74) is 1.81. The zero-order valence-corrected chi connectivity index (χ0v) is 21.2. The second-order valence-corrected chi connectivity index (χ2v) is 9.42. The van der Waals surface area contributed by atoms with Crippen molar-refractivity contribution in [3.05, 3.63) is 63.6 Å². The van der Waals surface area contributed by atoms with Gasteiger partial charge >= 0.3 is 0 Å². The minimum absolute atomic E-state index is 0.0418. The van der Waals surface area contributed by atoms with Crippen LogP contribution in [0.5, 0.6) is 5.75 Å². The van der Waals surface area contributed by atoms with Crippen LogP contribution in [0.2, 0.25) is 10.0 Å². The lowest BCUT2D eigenvalue weighted by molar-refractivity contribution is -0.138. The Bertz CT molecular complexity index is 926. The Morgan fingerprint density at radius 2 is 1.91 bits per heavy atom. The highest BCUT2D eigenvalue weighted by molar-refractivity contribution is 7.99. The average molecular weight is 497 g/mol. The molecule has 0 radical (unpaired) electrons. The number of hydrogen-bond donors (Lipinski definition) is 1. The third kappa shape index (κ3) is 7.91. The van der Waals surface area contributed by atoms with Gasteiger partial charge in [-0.1, -0.05) is 48.3 Å². The molecule has 0 spiro atoms. The van der Waals surface area contributed by atoms with Gasteiger partial charge in [0.05, 0.1) is 12.9 Å². The average Bonchev–Trinajstić information content (AvgIpc) is 2.78. The molecule has 2 amide bonds. The third-order valence-corrected chi connectivity index (χ3v) is 6.71. The molecule has 0 fully saturated rings. The van der Waals surface area contributed by atoms with Crippen LogP contribution in [0, 0.1) is 0 Å². The van der Waals surface area contributed by atoms with E-state index in [-0.39, 0.29) is 23.6 Å². The molecule has 174 valence electrons. The molecule has 5 nitrogen and oxygen atoms in total. The highest BCUT2D eigenvalue weighted by Gasteiger charge is 2.26. The molecule has 0 aliphatic heterocycles. The summed E-state index contributed by atoms with van der Waals surface area (Å²) in [6, 6.07) is 12.3. The molecule has 0 bridgehead atoms. The zero-order valence-electron chi connectivity index (χ0n) is 18.9. The van der Waals surface area contributed by atoms with Crippen molar-refractivity contribution in [3.8, 4) is 5.75 Å². The first-order valence-corrected chi connectivity index (χ1v) is 12.4. The summed E-state index contributed by atoms with van der Waals surface area (Å²) in [4.78, 5) is 27.6. The number of rotatable bonds is 11. The van der Waals surface area contributed by atoms with Crippen molar-refractivity contribution in [3.63, 3.8) is 0 Å². The van der Waals surface area contributed by atoms with Crippen LogP contribution in [-0.2, 0) is 21.9 Å². The smallest absolute Gasteiger partial charge is 0.242 e. The lowest BCUT2D eigenvalue weighted by Crippen LogP contribution is -2.50. The molecule has 32 heavy (non-hydrogen) atoms. The maximum absolute atomic E-state index is 13.2. The van der Waals surface area contributed by atoms with Crippen molar-refractivity contribution in [2.24, 2.45) is 0 Å². The molecule has 2 aromatic rings. The number of hydrogen-bond acceptors (Lipinski definition) is 4. The number of nitrogens with one attached hydrogen (secondary N) is 1. The number of carbonyl (C=O) groups is 2. The Morgan fingerprint density at radius 1 is 1.16 bits per heavy atom. The number of halogens is 2. The summed E-state index contributed by atoms with van der Waals surface area (Å²) >= 11 is 13.6. The fourth-order valence-corrected chi connectivity index (χ4v) is 4.45. The summed E-state index contributed by atoms with van der Waals surface area (Å²) in [7, 11) is 1.60. The quantitative estimate of drug-likeness (QED) is 0.441. The van der Waals surface area contributed by atoms with E-state index in [0.29, 0.717) is 28.1 Å². The largest absolute Gasteiger partial charge is 0.497 e. The molecule has 0 aliphatic rings. The number of nitrogens with zero attached hydrogens (tertiary/aromatic N) is 1. The Kier molecular flexibility index (Phi) is 10.7. The van der Waals surface area contributed by atoms with E-state index in [0.717, 1.165) is 17.5 Å². The molecular weight excluding hydrogens is 467 g/mol. The number of thioether (sulfide) groups is 1. The van der Waals surface area contributed by atoms with Crippen LogP contribution in [0.15, 0.2) is 42.5 Å². The van der Waals surface area contributed by atoms with Gasteiger partial charge in [0.25, 0.3) is 0 Å². The minimum Gasteiger partial charge on any atom is -0.497 e. The van der Waals surface area contributed by atoms with Gasteiger partial charge in [0.2, 0.25) is 11.8 Å². The fourth-order valence-electron chi connectivity index (χ4n) is 2.99. The summed E-state index contributed by atoms with van der Waals surface area (Å²) in [5.74, 6) is 1.22. The first-order valence-electron chi connectivity index (χ1n) is 10.5. The van der Waals surface area contributed by atoms with Gasteiger partial charge in [-0.3, -0.25) is 9.59 Å². The van der Waals surface area contributed by atoms with E-state index in [1.54, 1.807) is 31.1 Å². The highest BCUT2D eigenvalue weighted by atomic mass is 35.5. The van der Waals surface area contributed by atoms with E-state index >= 15 is 0 Å². The molecule has 0 heterocycles. The topological polar surface area (TPSA) is 58.6 Å². The predicted octanol–water partition coefficient (Wildman–Crippen LogP) is 5.57. The minimum atomic E-state index is -0.609. The number of amides is 2. The first kappa shape index (κ1) is 26.4. The van der Waals surface area contributed by atoms with Crippen molar-refractivity contribution < 1.29 is 14.3 Å².